The lowest BCUT2D eigenvalue weighted by Gasteiger charge is -2.38. The number of piperazine rings is 1. The van der Waals surface area contributed by atoms with E-state index in [1.807, 2.05) is 24.3 Å². The molecule has 0 unspecified atom stereocenters. The fourth-order valence-corrected chi connectivity index (χ4v) is 5.12. The number of anilines is 1. The lowest BCUT2D eigenvalue weighted by Crippen LogP contribution is -2.48. The molecule has 5 nitrogen and oxygen atoms in total. The van der Waals surface area contributed by atoms with Crippen molar-refractivity contribution < 1.29 is 14.6 Å². The first-order chi connectivity index (χ1) is 17.0. The zero-order valence-electron chi connectivity index (χ0n) is 20.8. The number of phenolic OH excluding ortho intramolecular Hbond substituents is 1. The number of benzene rings is 3. The fourth-order valence-electron chi connectivity index (χ4n) is 5.12. The molecule has 1 fully saturated rings. The lowest BCUT2D eigenvalue weighted by atomic mass is 9.88. The topological polar surface area (TPSA) is 45.2 Å². The fraction of sp³-hybridized carbons (Fsp3) is 0.333. The van der Waals surface area contributed by atoms with E-state index in [0.717, 1.165) is 60.8 Å². The molecule has 1 N–H and O–H groups in total. The van der Waals surface area contributed by atoms with E-state index in [1.165, 1.54) is 16.8 Å². The lowest BCUT2D eigenvalue weighted by molar-refractivity contribution is 0.209. The molecule has 3 aromatic carbocycles. The van der Waals surface area contributed by atoms with Crippen LogP contribution in [0.4, 0.5) is 5.69 Å². The summed E-state index contributed by atoms with van der Waals surface area (Å²) in [7, 11) is 1.68. The normalized spacial score (nSPS) is 16.6. The summed E-state index contributed by atoms with van der Waals surface area (Å²) in [4.78, 5) is 5.02. The quantitative estimate of drug-likeness (QED) is 0.520. The van der Waals surface area contributed by atoms with Crippen LogP contribution in [0.1, 0.15) is 37.0 Å². The Kier molecular flexibility index (Phi) is 6.69. The maximum absolute atomic E-state index is 9.85. The first kappa shape index (κ1) is 23.3. The van der Waals surface area contributed by atoms with Gasteiger partial charge in [0.05, 0.1) is 13.7 Å². The van der Waals surface area contributed by atoms with Gasteiger partial charge in [-0.3, -0.25) is 4.90 Å². The molecule has 0 radical (unpaired) electrons. The molecule has 0 saturated carbocycles. The average Bonchev–Trinajstić information content (AvgIpc) is 3.08. The van der Waals surface area contributed by atoms with Crippen molar-refractivity contribution in [3.63, 3.8) is 0 Å². The number of hydrogen-bond donors (Lipinski definition) is 1. The first-order valence-corrected chi connectivity index (χ1v) is 12.5. The highest BCUT2D eigenvalue weighted by atomic mass is 16.5. The van der Waals surface area contributed by atoms with E-state index in [2.05, 4.69) is 54.0 Å². The van der Waals surface area contributed by atoms with Crippen molar-refractivity contribution in [2.75, 3.05) is 44.8 Å². The average molecular weight is 471 g/mol. The molecule has 2 aliphatic heterocycles. The summed E-state index contributed by atoms with van der Waals surface area (Å²) >= 11 is 0. The highest BCUT2D eigenvalue weighted by Gasteiger charge is 2.23. The van der Waals surface area contributed by atoms with Crippen LogP contribution in [0.3, 0.4) is 0 Å². The molecule has 5 rings (SSSR count). The van der Waals surface area contributed by atoms with Gasteiger partial charge in [-0.1, -0.05) is 24.3 Å². The summed E-state index contributed by atoms with van der Waals surface area (Å²) in [6.45, 7) is 9.43. The minimum Gasteiger partial charge on any atom is -0.508 e. The molecule has 2 aliphatic rings. The Morgan fingerprint density at radius 1 is 0.857 bits per heavy atom. The van der Waals surface area contributed by atoms with Gasteiger partial charge in [0.25, 0.3) is 0 Å². The van der Waals surface area contributed by atoms with Gasteiger partial charge in [-0.15, -0.1) is 0 Å². The molecule has 182 valence electrons. The summed E-state index contributed by atoms with van der Waals surface area (Å²) < 4.78 is 11.6. The molecule has 35 heavy (non-hydrogen) atoms. The van der Waals surface area contributed by atoms with Crippen LogP contribution < -0.4 is 14.4 Å². The Morgan fingerprint density at radius 2 is 1.54 bits per heavy atom. The number of ether oxygens (including phenoxy) is 2. The van der Waals surface area contributed by atoms with Crippen LogP contribution in [-0.2, 0) is 0 Å². The molecule has 0 aliphatic carbocycles. The molecular formula is C30H34N2O3. The van der Waals surface area contributed by atoms with E-state index in [-0.39, 0.29) is 5.75 Å². The Labute approximate surface area is 208 Å². The van der Waals surface area contributed by atoms with Gasteiger partial charge in [0.15, 0.2) is 0 Å². The van der Waals surface area contributed by atoms with Crippen molar-refractivity contribution in [3.8, 4) is 17.2 Å². The SMILES string of the molecule is COc1ccc2c(c1)OCCC(c1ccc(O)cc1)=C2c1ccc(N2CCN(C(C)C)CC2)cc1. The third-order valence-corrected chi connectivity index (χ3v) is 7.15. The zero-order chi connectivity index (χ0) is 24.4. The Morgan fingerprint density at radius 3 is 2.20 bits per heavy atom. The maximum atomic E-state index is 9.85. The van der Waals surface area contributed by atoms with Gasteiger partial charge in [0.2, 0.25) is 0 Å². The maximum Gasteiger partial charge on any atom is 0.130 e. The van der Waals surface area contributed by atoms with Crippen LogP contribution >= 0.6 is 0 Å². The number of phenols is 1. The summed E-state index contributed by atoms with van der Waals surface area (Å²) in [5, 5.41) is 9.85. The molecule has 1 saturated heterocycles. The van der Waals surface area contributed by atoms with Crippen LogP contribution in [0.5, 0.6) is 17.2 Å². The first-order valence-electron chi connectivity index (χ1n) is 12.5. The monoisotopic (exact) mass is 470 g/mol. The van der Waals surface area contributed by atoms with E-state index in [0.29, 0.717) is 12.6 Å². The molecule has 0 amide bonds. The summed E-state index contributed by atoms with van der Waals surface area (Å²) in [5.41, 5.74) is 6.97. The van der Waals surface area contributed by atoms with Crippen LogP contribution in [-0.4, -0.2) is 55.9 Å². The smallest absolute Gasteiger partial charge is 0.130 e. The van der Waals surface area contributed by atoms with Crippen LogP contribution in [0.25, 0.3) is 11.1 Å². The second-order valence-corrected chi connectivity index (χ2v) is 9.52. The Bertz CT molecular complexity index is 1190. The third kappa shape index (κ3) is 4.87. The van der Waals surface area contributed by atoms with Gasteiger partial charge in [-0.25, -0.2) is 0 Å². The standard InChI is InChI=1S/C30H34N2O3/c1-21(2)31-15-17-32(18-16-31)24-8-4-23(5-9-24)30-27(22-6-10-25(33)11-7-22)14-19-35-29-20-26(34-3)12-13-28(29)30/h4-13,20-21,33H,14-19H2,1-3H3. The van der Waals surface area contributed by atoms with Crippen molar-refractivity contribution in [2.45, 2.75) is 26.3 Å². The van der Waals surface area contributed by atoms with E-state index in [9.17, 15) is 5.11 Å². The second-order valence-electron chi connectivity index (χ2n) is 9.52. The number of nitrogens with zero attached hydrogens (tertiary/aromatic N) is 2. The van der Waals surface area contributed by atoms with Crippen molar-refractivity contribution >= 4 is 16.8 Å². The molecule has 0 spiro atoms. The summed E-state index contributed by atoms with van der Waals surface area (Å²) in [5.74, 6) is 1.89. The number of aromatic hydroxyl groups is 1. The molecule has 5 heteroatoms. The molecule has 0 atom stereocenters. The van der Waals surface area contributed by atoms with Crippen LogP contribution in [0.15, 0.2) is 66.7 Å². The van der Waals surface area contributed by atoms with Gasteiger partial charge in [0, 0.05) is 56.0 Å². The number of methoxy groups -OCH3 is 1. The minimum absolute atomic E-state index is 0.271. The summed E-state index contributed by atoms with van der Waals surface area (Å²) in [6.07, 6.45) is 0.774. The van der Waals surface area contributed by atoms with E-state index in [4.69, 9.17) is 9.47 Å². The van der Waals surface area contributed by atoms with Crippen LogP contribution in [0, 0.1) is 0 Å². The highest BCUT2D eigenvalue weighted by Crippen LogP contribution is 2.42. The van der Waals surface area contributed by atoms with Gasteiger partial charge >= 0.3 is 0 Å². The van der Waals surface area contributed by atoms with Gasteiger partial charge in [0.1, 0.15) is 17.2 Å². The number of rotatable bonds is 5. The van der Waals surface area contributed by atoms with Crippen molar-refractivity contribution in [1.29, 1.82) is 0 Å². The van der Waals surface area contributed by atoms with Gasteiger partial charge in [-0.2, -0.15) is 0 Å². The van der Waals surface area contributed by atoms with Crippen molar-refractivity contribution in [2.24, 2.45) is 0 Å². The Balaban J connectivity index is 1.54. The molecule has 0 aromatic heterocycles. The van der Waals surface area contributed by atoms with Crippen molar-refractivity contribution in [1.82, 2.24) is 4.90 Å². The predicted molar refractivity (Wildman–Crippen MR) is 142 cm³/mol. The van der Waals surface area contributed by atoms with Crippen LogP contribution in [0.2, 0.25) is 0 Å². The predicted octanol–water partition coefficient (Wildman–Crippen LogP) is 5.67. The zero-order valence-corrected chi connectivity index (χ0v) is 20.8. The number of hydrogen-bond acceptors (Lipinski definition) is 5. The molecule has 3 aromatic rings. The van der Waals surface area contributed by atoms with Gasteiger partial charge in [-0.05, 0) is 72.5 Å². The molecule has 2 heterocycles. The van der Waals surface area contributed by atoms with Crippen molar-refractivity contribution in [3.05, 3.63) is 83.4 Å². The second kappa shape index (κ2) is 10.0. The third-order valence-electron chi connectivity index (χ3n) is 7.15. The molecule has 0 bridgehead atoms. The summed E-state index contributed by atoms with van der Waals surface area (Å²) in [6, 6.07) is 23.1. The number of fused-ring (bicyclic) bond motifs is 1. The van der Waals surface area contributed by atoms with E-state index in [1.54, 1.807) is 19.2 Å². The van der Waals surface area contributed by atoms with E-state index >= 15 is 0 Å². The largest absolute Gasteiger partial charge is 0.508 e. The van der Waals surface area contributed by atoms with E-state index < -0.39 is 0 Å². The van der Waals surface area contributed by atoms with Gasteiger partial charge < -0.3 is 19.5 Å². The Hall–Kier alpha value is -3.44. The minimum atomic E-state index is 0.271. The highest BCUT2D eigenvalue weighted by molar-refractivity contribution is 6.00. The molecular weight excluding hydrogens is 436 g/mol.